The number of imide groups is 1. The monoisotopic (exact) mass is 530 g/mol. The van der Waals surface area contributed by atoms with Crippen molar-refractivity contribution in [1.82, 2.24) is 4.90 Å². The van der Waals surface area contributed by atoms with E-state index in [1.165, 1.54) is 47.3 Å². The minimum absolute atomic E-state index is 0.185. The number of amides is 3. The Morgan fingerprint density at radius 1 is 0.921 bits per heavy atom. The van der Waals surface area contributed by atoms with Crippen molar-refractivity contribution >= 4 is 40.0 Å². The first-order valence-electron chi connectivity index (χ1n) is 13.0. The second-order valence-electron chi connectivity index (χ2n) is 9.70. The van der Waals surface area contributed by atoms with Gasteiger partial charge in [0.05, 0.1) is 18.2 Å². The Kier molecular flexibility index (Phi) is 7.69. The normalized spacial score (nSPS) is 14.3. The van der Waals surface area contributed by atoms with Crippen molar-refractivity contribution in [3.05, 3.63) is 75.7 Å². The maximum Gasteiger partial charge on any atom is 0.341 e. The number of methoxy groups -OCH3 is 1. The van der Waals surface area contributed by atoms with Crippen molar-refractivity contribution in [2.45, 2.75) is 51.4 Å². The zero-order chi connectivity index (χ0) is 26.6. The quantitative estimate of drug-likeness (QED) is 0.212. The number of carbonyl (C=O) groups excluding carboxylic acids is 4. The van der Waals surface area contributed by atoms with Crippen LogP contribution in [0.15, 0.2) is 47.8 Å². The highest BCUT2D eigenvalue weighted by atomic mass is 32.1. The summed E-state index contributed by atoms with van der Waals surface area (Å²) in [5, 5.41) is 5.28. The van der Waals surface area contributed by atoms with Gasteiger partial charge in [0, 0.05) is 23.9 Å². The molecule has 7 nitrogen and oxygen atoms in total. The smallest absolute Gasteiger partial charge is 0.341 e. The van der Waals surface area contributed by atoms with Gasteiger partial charge in [-0.25, -0.2) is 4.79 Å². The molecule has 1 N–H and O–H groups in total. The van der Waals surface area contributed by atoms with E-state index in [4.69, 9.17) is 4.74 Å². The third-order valence-electron chi connectivity index (χ3n) is 7.26. The minimum Gasteiger partial charge on any atom is -0.465 e. The predicted molar refractivity (Wildman–Crippen MR) is 147 cm³/mol. The molecule has 0 bridgehead atoms. The molecule has 1 aliphatic carbocycles. The van der Waals surface area contributed by atoms with Crippen LogP contribution in [0.4, 0.5) is 5.00 Å². The number of benzene rings is 2. The molecule has 0 unspecified atom stereocenters. The van der Waals surface area contributed by atoms with Gasteiger partial charge in [-0.2, -0.15) is 0 Å². The summed E-state index contributed by atoms with van der Waals surface area (Å²) in [6.07, 6.45) is 6.68. The van der Waals surface area contributed by atoms with Crippen molar-refractivity contribution in [3.8, 4) is 11.1 Å². The van der Waals surface area contributed by atoms with E-state index in [1.807, 2.05) is 11.4 Å². The number of hydrogen-bond acceptors (Lipinski definition) is 6. The third-order valence-corrected chi connectivity index (χ3v) is 8.15. The highest BCUT2D eigenvalue weighted by Crippen LogP contribution is 2.38. The summed E-state index contributed by atoms with van der Waals surface area (Å²) in [7, 11) is 1.34. The molecule has 0 saturated carbocycles. The number of nitrogens with one attached hydrogen (secondary N) is 1. The first-order chi connectivity index (χ1) is 18.5. The Hall–Kier alpha value is -3.78. The fourth-order valence-corrected chi connectivity index (χ4v) is 6.21. The molecule has 0 spiro atoms. The number of unbranched alkanes of at least 4 members (excludes halogenated alkanes) is 2. The molecule has 2 aromatic carbocycles. The molecule has 0 atom stereocenters. The fourth-order valence-electron chi connectivity index (χ4n) is 5.23. The van der Waals surface area contributed by atoms with E-state index in [0.717, 1.165) is 24.0 Å². The van der Waals surface area contributed by atoms with Gasteiger partial charge in [-0.15, -0.1) is 11.3 Å². The number of carbonyl (C=O) groups is 4. The Morgan fingerprint density at radius 2 is 1.63 bits per heavy atom. The van der Waals surface area contributed by atoms with Gasteiger partial charge >= 0.3 is 5.97 Å². The molecule has 0 fully saturated rings. The maximum atomic E-state index is 12.7. The van der Waals surface area contributed by atoms with Crippen molar-refractivity contribution in [3.63, 3.8) is 0 Å². The molecule has 8 heteroatoms. The van der Waals surface area contributed by atoms with E-state index in [0.29, 0.717) is 47.5 Å². The number of hydrogen-bond donors (Lipinski definition) is 1. The van der Waals surface area contributed by atoms with Crippen LogP contribution in [0.2, 0.25) is 0 Å². The summed E-state index contributed by atoms with van der Waals surface area (Å²) in [6.45, 7) is 0.329. The molecular formula is C30H30N2O5S. The summed E-state index contributed by atoms with van der Waals surface area (Å²) in [5.41, 5.74) is 5.69. The van der Waals surface area contributed by atoms with Crippen molar-refractivity contribution in [2.75, 3.05) is 19.0 Å². The van der Waals surface area contributed by atoms with Crippen molar-refractivity contribution < 1.29 is 23.9 Å². The molecule has 2 heterocycles. The molecule has 1 aromatic heterocycles. The Morgan fingerprint density at radius 3 is 2.34 bits per heavy atom. The highest BCUT2D eigenvalue weighted by molar-refractivity contribution is 7.15. The number of ether oxygens (including phenoxy) is 1. The van der Waals surface area contributed by atoms with Crippen LogP contribution >= 0.6 is 11.3 Å². The van der Waals surface area contributed by atoms with Gasteiger partial charge in [-0.1, -0.05) is 36.8 Å². The maximum absolute atomic E-state index is 12.7. The lowest BCUT2D eigenvalue weighted by molar-refractivity contribution is -0.116. The average Bonchev–Trinajstić information content (AvgIpc) is 3.46. The Bertz CT molecular complexity index is 1370. The first kappa shape index (κ1) is 25.9. The van der Waals surface area contributed by atoms with Gasteiger partial charge in [0.1, 0.15) is 10.6 Å². The minimum atomic E-state index is -0.477. The number of aryl methyl sites for hydroxylation is 2. The standard InChI is InChI=1S/C30H30N2O5S/c1-37-30(36)26-24(21-15-14-19-9-4-5-10-20(19)17-21)18-38-27(26)31-25(33)13-3-2-8-16-32-28(34)22-11-6-7-12-23(22)29(32)35/h6-7,11-12,14-15,17-18H,2-5,8-10,13,16H2,1H3,(H,31,33). The molecule has 0 radical (unpaired) electrons. The van der Waals surface area contributed by atoms with Crippen LogP contribution < -0.4 is 5.32 Å². The molecule has 3 aromatic rings. The summed E-state index contributed by atoms with van der Waals surface area (Å²) < 4.78 is 5.05. The van der Waals surface area contributed by atoms with Gasteiger partial charge in [-0.05, 0) is 67.3 Å². The molecule has 1 aliphatic heterocycles. The molecule has 3 amide bonds. The second-order valence-corrected chi connectivity index (χ2v) is 10.6. The fraction of sp³-hybridized carbons (Fsp3) is 0.333. The number of rotatable bonds is 9. The molecule has 5 rings (SSSR count). The van der Waals surface area contributed by atoms with Crippen LogP contribution in [0.1, 0.15) is 80.7 Å². The second kappa shape index (κ2) is 11.3. The molecule has 0 saturated heterocycles. The van der Waals surface area contributed by atoms with Crippen LogP contribution in [-0.4, -0.2) is 42.2 Å². The zero-order valence-corrected chi connectivity index (χ0v) is 22.2. The van der Waals surface area contributed by atoms with E-state index in [1.54, 1.807) is 24.3 Å². The number of esters is 1. The average molecular weight is 531 g/mol. The van der Waals surface area contributed by atoms with Crippen molar-refractivity contribution in [1.29, 1.82) is 0 Å². The van der Waals surface area contributed by atoms with Crippen LogP contribution in [0.25, 0.3) is 11.1 Å². The van der Waals surface area contributed by atoms with Crippen LogP contribution in [0, 0.1) is 0 Å². The summed E-state index contributed by atoms with van der Waals surface area (Å²) in [6, 6.07) is 13.2. The SMILES string of the molecule is COC(=O)c1c(-c2ccc3c(c2)CCCC3)csc1NC(=O)CCCCCN1C(=O)c2ccccc2C1=O. The topological polar surface area (TPSA) is 92.8 Å². The van der Waals surface area contributed by atoms with E-state index in [2.05, 4.69) is 17.4 Å². The zero-order valence-electron chi connectivity index (χ0n) is 21.4. The van der Waals surface area contributed by atoms with Gasteiger partial charge in [0.2, 0.25) is 5.91 Å². The molecule has 2 aliphatic rings. The highest BCUT2D eigenvalue weighted by Gasteiger charge is 2.34. The number of nitrogens with zero attached hydrogens (tertiary/aromatic N) is 1. The summed E-state index contributed by atoms with van der Waals surface area (Å²) in [4.78, 5) is 51.6. The van der Waals surface area contributed by atoms with E-state index in [9.17, 15) is 19.2 Å². The first-order valence-corrected chi connectivity index (χ1v) is 13.9. The van der Waals surface area contributed by atoms with Gasteiger partial charge < -0.3 is 10.1 Å². The van der Waals surface area contributed by atoms with Gasteiger partial charge in [0.15, 0.2) is 0 Å². The molecule has 38 heavy (non-hydrogen) atoms. The predicted octanol–water partition coefficient (Wildman–Crippen LogP) is 5.88. The summed E-state index contributed by atoms with van der Waals surface area (Å²) >= 11 is 1.32. The van der Waals surface area contributed by atoms with Gasteiger partial charge in [0.25, 0.3) is 11.8 Å². The lowest BCUT2D eigenvalue weighted by Crippen LogP contribution is -2.30. The van der Waals surface area contributed by atoms with E-state index >= 15 is 0 Å². The van der Waals surface area contributed by atoms with Crippen LogP contribution in [0.3, 0.4) is 0 Å². The Labute approximate surface area is 225 Å². The number of anilines is 1. The summed E-state index contributed by atoms with van der Waals surface area (Å²) in [5.74, 6) is -1.18. The van der Waals surface area contributed by atoms with Crippen molar-refractivity contribution in [2.24, 2.45) is 0 Å². The molecular weight excluding hydrogens is 500 g/mol. The number of fused-ring (bicyclic) bond motifs is 2. The lowest BCUT2D eigenvalue weighted by Gasteiger charge is -2.16. The third kappa shape index (κ3) is 5.13. The Balaban J connectivity index is 1.17. The molecule has 196 valence electrons. The lowest BCUT2D eigenvalue weighted by atomic mass is 9.89. The van der Waals surface area contributed by atoms with E-state index < -0.39 is 5.97 Å². The van der Waals surface area contributed by atoms with Gasteiger partial charge in [-0.3, -0.25) is 19.3 Å². The number of thiophene rings is 1. The van der Waals surface area contributed by atoms with Crippen LogP contribution in [0.5, 0.6) is 0 Å². The largest absolute Gasteiger partial charge is 0.465 e. The van der Waals surface area contributed by atoms with E-state index in [-0.39, 0.29) is 24.1 Å². The van der Waals surface area contributed by atoms with Crippen LogP contribution in [-0.2, 0) is 22.4 Å².